The SMILES string of the molecule is CCOc1ccc(OCC)c(NC(=O)Cn2cc(C(F)(F)F)ccc2=O)c1. The van der Waals surface area contributed by atoms with Crippen molar-refractivity contribution in [1.29, 1.82) is 0 Å². The molecule has 1 aromatic carbocycles. The van der Waals surface area contributed by atoms with Gasteiger partial charge in [0.05, 0.1) is 24.5 Å². The summed E-state index contributed by atoms with van der Waals surface area (Å²) < 4.78 is 49.9. The molecule has 27 heavy (non-hydrogen) atoms. The van der Waals surface area contributed by atoms with Crippen molar-refractivity contribution in [3.05, 3.63) is 52.4 Å². The number of halogens is 3. The van der Waals surface area contributed by atoms with E-state index in [9.17, 15) is 22.8 Å². The molecule has 2 rings (SSSR count). The number of rotatable bonds is 7. The Kier molecular flexibility index (Phi) is 6.49. The van der Waals surface area contributed by atoms with Gasteiger partial charge < -0.3 is 19.4 Å². The molecule has 0 aliphatic rings. The van der Waals surface area contributed by atoms with Crippen LogP contribution in [0.4, 0.5) is 18.9 Å². The maximum absolute atomic E-state index is 12.8. The van der Waals surface area contributed by atoms with Gasteiger partial charge in [-0.15, -0.1) is 0 Å². The third kappa shape index (κ3) is 5.50. The number of nitrogens with zero attached hydrogens (tertiary/aromatic N) is 1. The highest BCUT2D eigenvalue weighted by atomic mass is 19.4. The van der Waals surface area contributed by atoms with E-state index in [-0.39, 0.29) is 0 Å². The minimum absolute atomic E-state index is 0.299. The standard InChI is InChI=1S/C18H19F3N2O4/c1-3-26-13-6-7-15(27-4-2)14(9-13)22-16(24)11-23-10-12(18(19,20)21)5-8-17(23)25/h5-10H,3-4,11H2,1-2H3,(H,22,24). The summed E-state index contributed by atoms with van der Waals surface area (Å²) in [6.07, 6.45) is -4.00. The summed E-state index contributed by atoms with van der Waals surface area (Å²) in [5.41, 5.74) is -1.43. The van der Waals surface area contributed by atoms with Crippen molar-refractivity contribution in [3.63, 3.8) is 0 Å². The van der Waals surface area contributed by atoms with Gasteiger partial charge in [-0.3, -0.25) is 9.59 Å². The predicted molar refractivity (Wildman–Crippen MR) is 93.1 cm³/mol. The molecule has 146 valence electrons. The lowest BCUT2D eigenvalue weighted by atomic mass is 10.2. The van der Waals surface area contributed by atoms with Gasteiger partial charge in [-0.05, 0) is 32.0 Å². The Morgan fingerprint density at radius 3 is 2.44 bits per heavy atom. The van der Waals surface area contributed by atoms with Crippen molar-refractivity contribution in [2.24, 2.45) is 0 Å². The molecule has 0 atom stereocenters. The molecule has 1 aromatic heterocycles. The fourth-order valence-electron chi connectivity index (χ4n) is 2.31. The zero-order valence-electron chi connectivity index (χ0n) is 14.8. The van der Waals surface area contributed by atoms with E-state index in [0.717, 1.165) is 6.07 Å². The summed E-state index contributed by atoms with van der Waals surface area (Å²) in [7, 11) is 0. The molecule has 0 fully saturated rings. The summed E-state index contributed by atoms with van der Waals surface area (Å²) in [6, 6.07) is 6.27. The minimum atomic E-state index is -4.61. The van der Waals surface area contributed by atoms with Gasteiger partial charge in [-0.25, -0.2) is 0 Å². The number of pyridine rings is 1. The van der Waals surface area contributed by atoms with E-state index in [1.165, 1.54) is 0 Å². The lowest BCUT2D eigenvalue weighted by Gasteiger charge is -2.14. The van der Waals surface area contributed by atoms with Crippen LogP contribution in [0.2, 0.25) is 0 Å². The highest BCUT2D eigenvalue weighted by Gasteiger charge is 2.31. The molecule has 0 bridgehead atoms. The maximum atomic E-state index is 12.8. The molecule has 0 radical (unpaired) electrons. The van der Waals surface area contributed by atoms with E-state index in [1.54, 1.807) is 32.0 Å². The number of benzene rings is 1. The van der Waals surface area contributed by atoms with Crippen LogP contribution in [0, 0.1) is 0 Å². The van der Waals surface area contributed by atoms with Crippen LogP contribution in [0.1, 0.15) is 19.4 Å². The van der Waals surface area contributed by atoms with Crippen molar-refractivity contribution in [2.45, 2.75) is 26.6 Å². The van der Waals surface area contributed by atoms with Gasteiger partial charge in [0.1, 0.15) is 18.0 Å². The fraction of sp³-hybridized carbons (Fsp3) is 0.333. The number of alkyl halides is 3. The molecule has 1 amide bonds. The van der Waals surface area contributed by atoms with Crippen molar-refractivity contribution in [3.8, 4) is 11.5 Å². The van der Waals surface area contributed by atoms with Crippen LogP contribution in [0.15, 0.2) is 41.3 Å². The van der Waals surface area contributed by atoms with Gasteiger partial charge in [0.15, 0.2) is 0 Å². The number of carbonyl (C=O) groups excluding carboxylic acids is 1. The van der Waals surface area contributed by atoms with Crippen LogP contribution < -0.4 is 20.3 Å². The molecule has 1 N–H and O–H groups in total. The second-order valence-corrected chi connectivity index (χ2v) is 5.45. The van der Waals surface area contributed by atoms with Crippen LogP contribution in [-0.2, 0) is 17.5 Å². The van der Waals surface area contributed by atoms with Crippen LogP contribution in [0.25, 0.3) is 0 Å². The molecule has 6 nitrogen and oxygen atoms in total. The second-order valence-electron chi connectivity index (χ2n) is 5.45. The molecule has 0 saturated heterocycles. The zero-order valence-corrected chi connectivity index (χ0v) is 14.8. The Bertz CT molecular complexity index is 862. The Hall–Kier alpha value is -2.97. The largest absolute Gasteiger partial charge is 0.494 e. The van der Waals surface area contributed by atoms with Crippen LogP contribution in [0.5, 0.6) is 11.5 Å². The molecule has 2 aromatic rings. The number of hydrogen-bond donors (Lipinski definition) is 1. The Morgan fingerprint density at radius 1 is 1.11 bits per heavy atom. The summed E-state index contributed by atoms with van der Waals surface area (Å²) in [5.74, 6) is 0.198. The van der Waals surface area contributed by atoms with Crippen LogP contribution >= 0.6 is 0 Å². The number of ether oxygens (including phenoxy) is 2. The quantitative estimate of drug-likeness (QED) is 0.795. The summed E-state index contributed by atoms with van der Waals surface area (Å²) in [6.45, 7) is 3.76. The summed E-state index contributed by atoms with van der Waals surface area (Å²) >= 11 is 0. The molecule has 0 aliphatic heterocycles. The average Bonchev–Trinajstić information content (AvgIpc) is 2.58. The third-order valence-electron chi connectivity index (χ3n) is 3.46. The molecule has 9 heteroatoms. The number of aromatic nitrogens is 1. The van der Waals surface area contributed by atoms with E-state index in [1.807, 2.05) is 0 Å². The topological polar surface area (TPSA) is 69.6 Å². The van der Waals surface area contributed by atoms with Gasteiger partial charge >= 0.3 is 6.18 Å². The molecular formula is C18H19F3N2O4. The molecular weight excluding hydrogens is 365 g/mol. The van der Waals surface area contributed by atoms with E-state index in [0.29, 0.717) is 47.2 Å². The number of anilines is 1. The number of hydrogen-bond acceptors (Lipinski definition) is 4. The minimum Gasteiger partial charge on any atom is -0.494 e. The zero-order chi connectivity index (χ0) is 20.0. The molecule has 0 aliphatic carbocycles. The third-order valence-corrected chi connectivity index (χ3v) is 3.46. The first-order valence-electron chi connectivity index (χ1n) is 8.21. The summed E-state index contributed by atoms with van der Waals surface area (Å²) in [4.78, 5) is 24.0. The van der Waals surface area contributed by atoms with E-state index in [2.05, 4.69) is 5.32 Å². The average molecular weight is 384 g/mol. The monoisotopic (exact) mass is 384 g/mol. The number of nitrogens with one attached hydrogen (secondary N) is 1. The number of amides is 1. The molecule has 0 saturated carbocycles. The smallest absolute Gasteiger partial charge is 0.417 e. The first kappa shape index (κ1) is 20.3. The Labute approximate surface area is 153 Å². The Morgan fingerprint density at radius 2 is 1.81 bits per heavy atom. The van der Waals surface area contributed by atoms with Crippen LogP contribution in [0.3, 0.4) is 0 Å². The Balaban J connectivity index is 2.23. The van der Waals surface area contributed by atoms with E-state index >= 15 is 0 Å². The predicted octanol–water partition coefficient (Wildman–Crippen LogP) is 3.30. The van der Waals surface area contributed by atoms with E-state index < -0.39 is 29.8 Å². The van der Waals surface area contributed by atoms with Gasteiger partial charge in [0.25, 0.3) is 5.56 Å². The van der Waals surface area contributed by atoms with Crippen molar-refractivity contribution in [2.75, 3.05) is 18.5 Å². The van der Waals surface area contributed by atoms with Crippen molar-refractivity contribution >= 4 is 11.6 Å². The van der Waals surface area contributed by atoms with Gasteiger partial charge in [0, 0.05) is 18.3 Å². The highest BCUT2D eigenvalue weighted by Crippen LogP contribution is 2.30. The first-order valence-corrected chi connectivity index (χ1v) is 8.21. The molecule has 1 heterocycles. The lowest BCUT2D eigenvalue weighted by Crippen LogP contribution is -2.28. The number of carbonyl (C=O) groups is 1. The van der Waals surface area contributed by atoms with Crippen molar-refractivity contribution < 1.29 is 27.4 Å². The van der Waals surface area contributed by atoms with Gasteiger partial charge in [-0.1, -0.05) is 0 Å². The second kappa shape index (κ2) is 8.61. The highest BCUT2D eigenvalue weighted by molar-refractivity contribution is 5.92. The van der Waals surface area contributed by atoms with Gasteiger partial charge in [0.2, 0.25) is 5.91 Å². The fourth-order valence-corrected chi connectivity index (χ4v) is 2.31. The molecule has 0 unspecified atom stereocenters. The normalized spacial score (nSPS) is 11.1. The first-order chi connectivity index (χ1) is 12.7. The summed E-state index contributed by atoms with van der Waals surface area (Å²) in [5, 5.41) is 2.54. The lowest BCUT2D eigenvalue weighted by molar-refractivity contribution is -0.138. The van der Waals surface area contributed by atoms with E-state index in [4.69, 9.17) is 9.47 Å². The maximum Gasteiger partial charge on any atom is 0.417 e. The molecule has 0 spiro atoms. The van der Waals surface area contributed by atoms with Gasteiger partial charge in [-0.2, -0.15) is 13.2 Å². The van der Waals surface area contributed by atoms with Crippen molar-refractivity contribution in [1.82, 2.24) is 4.57 Å². The van der Waals surface area contributed by atoms with Crippen LogP contribution in [-0.4, -0.2) is 23.7 Å².